The third kappa shape index (κ3) is 5.76. The van der Waals surface area contributed by atoms with E-state index >= 15 is 0 Å². The lowest BCUT2D eigenvalue weighted by Gasteiger charge is -2.28. The second kappa shape index (κ2) is 10.7. The van der Waals surface area contributed by atoms with Gasteiger partial charge in [0.1, 0.15) is 12.1 Å². The number of methoxy groups -OCH3 is 1. The van der Waals surface area contributed by atoms with Gasteiger partial charge in [-0.25, -0.2) is 9.97 Å². The topological polar surface area (TPSA) is 71.5 Å². The predicted molar refractivity (Wildman–Crippen MR) is 138 cm³/mol. The zero-order chi connectivity index (χ0) is 23.4. The van der Waals surface area contributed by atoms with Crippen LogP contribution in [0.1, 0.15) is 12.8 Å². The molecule has 0 amide bonds. The number of rotatable bonds is 6. The Morgan fingerprint density at radius 1 is 1.12 bits per heavy atom. The number of nitrogens with zero attached hydrogens (tertiary/aromatic N) is 3. The fourth-order valence-corrected chi connectivity index (χ4v) is 4.43. The first kappa shape index (κ1) is 23.8. The largest absolute Gasteiger partial charge is 0.493 e. The number of fused-ring (bicyclic) bond motifs is 1. The van der Waals surface area contributed by atoms with Gasteiger partial charge in [0.05, 0.1) is 35.0 Å². The fourth-order valence-electron chi connectivity index (χ4n) is 3.74. The van der Waals surface area contributed by atoms with Crippen molar-refractivity contribution in [1.29, 1.82) is 0 Å². The van der Waals surface area contributed by atoms with Crippen molar-refractivity contribution in [3.63, 3.8) is 0 Å². The predicted octanol–water partition coefficient (Wildman–Crippen LogP) is 5.47. The molecule has 0 unspecified atom stereocenters. The minimum atomic E-state index is 0.298. The van der Waals surface area contributed by atoms with Gasteiger partial charge in [0.25, 0.3) is 0 Å². The van der Waals surface area contributed by atoms with E-state index < -0.39 is 0 Å². The summed E-state index contributed by atoms with van der Waals surface area (Å²) in [6, 6.07) is 8.96. The van der Waals surface area contributed by atoms with Crippen LogP contribution in [-0.4, -0.2) is 53.8 Å². The van der Waals surface area contributed by atoms with Crippen LogP contribution in [0.4, 0.5) is 11.5 Å². The van der Waals surface area contributed by atoms with Crippen molar-refractivity contribution < 1.29 is 9.47 Å². The van der Waals surface area contributed by atoms with Gasteiger partial charge in [-0.15, -0.1) is 0 Å². The minimum Gasteiger partial charge on any atom is -0.493 e. The summed E-state index contributed by atoms with van der Waals surface area (Å²) in [4.78, 5) is 11.1. The number of piperidine rings is 1. The van der Waals surface area contributed by atoms with E-state index in [-0.39, 0.29) is 0 Å². The Kier molecular flexibility index (Phi) is 7.70. The molecule has 1 saturated heterocycles. The summed E-state index contributed by atoms with van der Waals surface area (Å²) in [5.74, 6) is 2.34. The Labute approximate surface area is 208 Å². The number of thiocarbonyl (C=S) groups is 1. The Morgan fingerprint density at radius 2 is 1.85 bits per heavy atom. The van der Waals surface area contributed by atoms with Crippen LogP contribution < -0.4 is 20.1 Å². The average molecular weight is 506 g/mol. The third-order valence-electron chi connectivity index (χ3n) is 5.67. The average Bonchev–Trinajstić information content (AvgIpc) is 2.81. The van der Waals surface area contributed by atoms with E-state index in [0.29, 0.717) is 56.2 Å². The molecule has 33 heavy (non-hydrogen) atoms. The number of anilines is 2. The van der Waals surface area contributed by atoms with Gasteiger partial charge in [-0.05, 0) is 69.3 Å². The SMILES string of the molecule is COc1cc2c(NC(=S)Nc3c(Cl)cccc3Cl)ncnc2cc1OCC1CCN(C)CC1. The summed E-state index contributed by atoms with van der Waals surface area (Å²) >= 11 is 17.9. The number of ether oxygens (including phenoxy) is 2. The first-order chi connectivity index (χ1) is 15.9. The van der Waals surface area contributed by atoms with E-state index in [1.165, 1.54) is 6.33 Å². The summed E-state index contributed by atoms with van der Waals surface area (Å²) in [6.07, 6.45) is 3.73. The van der Waals surface area contributed by atoms with Crippen LogP contribution in [0.3, 0.4) is 0 Å². The second-order valence-electron chi connectivity index (χ2n) is 7.98. The minimum absolute atomic E-state index is 0.298. The zero-order valence-electron chi connectivity index (χ0n) is 18.4. The Morgan fingerprint density at radius 3 is 2.55 bits per heavy atom. The molecule has 2 aromatic carbocycles. The van der Waals surface area contributed by atoms with E-state index in [4.69, 9.17) is 44.9 Å². The second-order valence-corrected chi connectivity index (χ2v) is 9.20. The Bertz CT molecular complexity index is 1130. The smallest absolute Gasteiger partial charge is 0.176 e. The fraction of sp³-hybridized carbons (Fsp3) is 0.348. The molecule has 174 valence electrons. The summed E-state index contributed by atoms with van der Waals surface area (Å²) in [7, 11) is 3.77. The highest BCUT2D eigenvalue weighted by molar-refractivity contribution is 7.80. The van der Waals surface area contributed by atoms with Crippen LogP contribution in [-0.2, 0) is 0 Å². The number of benzene rings is 2. The molecule has 0 atom stereocenters. The van der Waals surface area contributed by atoms with Crippen LogP contribution in [0, 0.1) is 5.92 Å². The lowest BCUT2D eigenvalue weighted by molar-refractivity contribution is 0.157. The molecule has 0 spiro atoms. The van der Waals surface area contributed by atoms with Gasteiger partial charge in [-0.3, -0.25) is 0 Å². The first-order valence-electron chi connectivity index (χ1n) is 10.6. The first-order valence-corrected chi connectivity index (χ1v) is 11.8. The molecule has 2 N–H and O–H groups in total. The highest BCUT2D eigenvalue weighted by Gasteiger charge is 2.19. The van der Waals surface area contributed by atoms with Crippen LogP contribution in [0.15, 0.2) is 36.7 Å². The number of halogens is 2. The highest BCUT2D eigenvalue weighted by atomic mass is 35.5. The van der Waals surface area contributed by atoms with E-state index in [2.05, 4.69) is 32.5 Å². The molecule has 0 bridgehead atoms. The molecule has 1 aromatic heterocycles. The normalized spacial score (nSPS) is 14.8. The Hall–Kier alpha value is -2.39. The molecule has 0 aliphatic carbocycles. The van der Waals surface area contributed by atoms with Gasteiger partial charge >= 0.3 is 0 Å². The molecule has 0 radical (unpaired) electrons. The van der Waals surface area contributed by atoms with Gasteiger partial charge < -0.3 is 25.0 Å². The van der Waals surface area contributed by atoms with Gasteiger partial charge in [0.2, 0.25) is 0 Å². The third-order valence-corrected chi connectivity index (χ3v) is 6.50. The molecule has 1 aliphatic heterocycles. The molecular weight excluding hydrogens is 481 g/mol. The van der Waals surface area contributed by atoms with Gasteiger partial charge in [-0.2, -0.15) is 0 Å². The maximum atomic E-state index is 6.23. The van der Waals surface area contributed by atoms with Crippen molar-refractivity contribution in [2.45, 2.75) is 12.8 Å². The number of nitrogens with one attached hydrogen (secondary N) is 2. The van der Waals surface area contributed by atoms with Crippen molar-refractivity contribution in [2.75, 3.05) is 44.5 Å². The number of para-hydroxylation sites is 1. The lowest BCUT2D eigenvalue weighted by atomic mass is 9.98. The standard InChI is InChI=1S/C23H25Cl2N5O2S/c1-30-8-6-14(7-9-30)12-32-20-11-18-15(10-19(20)31-2)22(27-13-26-18)29-23(33)28-21-16(24)4-3-5-17(21)25/h3-5,10-11,13-14H,6-9,12H2,1-2H3,(H2,26,27,28,29,33). The van der Waals surface area contributed by atoms with Gasteiger partial charge in [-0.1, -0.05) is 29.3 Å². The number of hydrogen-bond acceptors (Lipinski definition) is 6. The monoisotopic (exact) mass is 505 g/mol. The maximum Gasteiger partial charge on any atom is 0.176 e. The van der Waals surface area contributed by atoms with Crippen molar-refractivity contribution >= 4 is 62.9 Å². The quantitative estimate of drug-likeness (QED) is 0.427. The van der Waals surface area contributed by atoms with Crippen LogP contribution in [0.5, 0.6) is 11.5 Å². The van der Waals surface area contributed by atoms with Gasteiger partial charge in [0, 0.05) is 11.5 Å². The maximum absolute atomic E-state index is 6.23. The number of likely N-dealkylation sites (tertiary alicyclic amines) is 1. The molecule has 3 aromatic rings. The summed E-state index contributed by atoms with van der Waals surface area (Å²) in [5, 5.41) is 8.10. The van der Waals surface area contributed by atoms with E-state index in [1.54, 1.807) is 25.3 Å². The van der Waals surface area contributed by atoms with Crippen molar-refractivity contribution in [1.82, 2.24) is 14.9 Å². The van der Waals surface area contributed by atoms with E-state index in [1.807, 2.05) is 12.1 Å². The molecular formula is C23H25Cl2N5O2S. The molecule has 1 aliphatic rings. The van der Waals surface area contributed by atoms with Crippen molar-refractivity contribution in [2.24, 2.45) is 5.92 Å². The lowest BCUT2D eigenvalue weighted by Crippen LogP contribution is -2.32. The summed E-state index contributed by atoms with van der Waals surface area (Å²) < 4.78 is 11.7. The van der Waals surface area contributed by atoms with Crippen molar-refractivity contribution in [3.05, 3.63) is 46.7 Å². The highest BCUT2D eigenvalue weighted by Crippen LogP contribution is 2.35. The molecule has 10 heteroatoms. The van der Waals surface area contributed by atoms with Crippen LogP contribution in [0.2, 0.25) is 10.0 Å². The zero-order valence-corrected chi connectivity index (χ0v) is 20.7. The van der Waals surface area contributed by atoms with E-state index in [9.17, 15) is 0 Å². The number of hydrogen-bond donors (Lipinski definition) is 2. The van der Waals surface area contributed by atoms with E-state index in [0.717, 1.165) is 31.3 Å². The molecule has 0 saturated carbocycles. The van der Waals surface area contributed by atoms with Gasteiger partial charge in [0.15, 0.2) is 16.6 Å². The molecule has 2 heterocycles. The summed E-state index contributed by atoms with van der Waals surface area (Å²) in [6.45, 7) is 2.84. The van der Waals surface area contributed by atoms with Crippen LogP contribution in [0.25, 0.3) is 10.9 Å². The van der Waals surface area contributed by atoms with Crippen molar-refractivity contribution in [3.8, 4) is 11.5 Å². The Balaban J connectivity index is 1.52. The summed E-state index contributed by atoms with van der Waals surface area (Å²) in [5.41, 5.74) is 1.24. The molecule has 7 nitrogen and oxygen atoms in total. The van der Waals surface area contributed by atoms with Crippen LogP contribution >= 0.6 is 35.4 Å². The number of aromatic nitrogens is 2. The molecule has 4 rings (SSSR count). The molecule has 1 fully saturated rings.